The van der Waals surface area contributed by atoms with Crippen molar-refractivity contribution in [2.24, 2.45) is 0 Å². The van der Waals surface area contributed by atoms with E-state index in [9.17, 15) is 13.2 Å². The normalized spacial score (nSPS) is 12.4. The number of amides is 1. The molecule has 8 nitrogen and oxygen atoms in total. The molecule has 0 saturated carbocycles. The standard InChI is InChI=1S/C22H26N4O4S/c1-15-11-12-16(2)19(13-15)26(31(5,28)29)17(3)22(27)25(4)14-20-23-21(24-30-20)18-9-7-6-8-10-18/h6-13,17H,14H2,1-5H3. The van der Waals surface area contributed by atoms with Crippen molar-refractivity contribution < 1.29 is 17.7 Å². The van der Waals surface area contributed by atoms with Gasteiger partial charge in [-0.15, -0.1) is 0 Å². The first-order valence-electron chi connectivity index (χ1n) is 9.77. The highest BCUT2D eigenvalue weighted by Gasteiger charge is 2.32. The maximum absolute atomic E-state index is 13.1. The molecule has 1 amide bonds. The average Bonchev–Trinajstić information content (AvgIpc) is 3.18. The molecule has 0 aliphatic carbocycles. The lowest BCUT2D eigenvalue weighted by Gasteiger charge is -2.31. The van der Waals surface area contributed by atoms with Crippen molar-refractivity contribution in [3.05, 3.63) is 65.5 Å². The fraction of sp³-hybridized carbons (Fsp3) is 0.318. The fourth-order valence-electron chi connectivity index (χ4n) is 3.35. The van der Waals surface area contributed by atoms with E-state index in [4.69, 9.17) is 4.52 Å². The highest BCUT2D eigenvalue weighted by atomic mass is 32.2. The summed E-state index contributed by atoms with van der Waals surface area (Å²) in [5, 5.41) is 3.96. The van der Waals surface area contributed by atoms with Crippen molar-refractivity contribution in [3.63, 3.8) is 0 Å². The minimum absolute atomic E-state index is 0.0629. The molecule has 164 valence electrons. The second kappa shape index (κ2) is 8.89. The first kappa shape index (κ1) is 22.5. The zero-order valence-corrected chi connectivity index (χ0v) is 19.0. The highest BCUT2D eigenvalue weighted by Crippen LogP contribution is 2.27. The number of hydrogen-bond acceptors (Lipinski definition) is 6. The van der Waals surface area contributed by atoms with Crippen molar-refractivity contribution in [1.82, 2.24) is 15.0 Å². The fourth-order valence-corrected chi connectivity index (χ4v) is 4.57. The number of hydrogen-bond donors (Lipinski definition) is 0. The maximum atomic E-state index is 13.1. The van der Waals surface area contributed by atoms with Crippen LogP contribution in [0.5, 0.6) is 0 Å². The van der Waals surface area contributed by atoms with Crippen LogP contribution in [0.15, 0.2) is 53.1 Å². The molecule has 0 spiro atoms. The van der Waals surface area contributed by atoms with Gasteiger partial charge in [0.15, 0.2) is 0 Å². The quantitative estimate of drug-likeness (QED) is 0.558. The third-order valence-corrected chi connectivity index (χ3v) is 6.14. The van der Waals surface area contributed by atoms with Gasteiger partial charge in [-0.3, -0.25) is 9.10 Å². The Morgan fingerprint density at radius 2 is 1.81 bits per heavy atom. The van der Waals surface area contributed by atoms with E-state index in [2.05, 4.69) is 10.1 Å². The Kier molecular flexibility index (Phi) is 6.45. The molecular formula is C22H26N4O4S. The van der Waals surface area contributed by atoms with Gasteiger partial charge in [0.1, 0.15) is 6.04 Å². The Bertz CT molecular complexity index is 1180. The van der Waals surface area contributed by atoms with Gasteiger partial charge in [0.05, 0.1) is 18.5 Å². The summed E-state index contributed by atoms with van der Waals surface area (Å²) in [6.07, 6.45) is 1.10. The Morgan fingerprint density at radius 1 is 1.13 bits per heavy atom. The van der Waals surface area contributed by atoms with E-state index >= 15 is 0 Å². The number of aromatic nitrogens is 2. The molecule has 1 atom stereocenters. The number of likely N-dealkylation sites (N-methyl/N-ethyl adjacent to an activating group) is 1. The van der Waals surface area contributed by atoms with Crippen LogP contribution in [0.4, 0.5) is 5.69 Å². The molecule has 1 unspecified atom stereocenters. The Balaban J connectivity index is 1.81. The SMILES string of the molecule is Cc1ccc(C)c(N(C(C)C(=O)N(C)Cc2nc(-c3ccccc3)no2)S(C)(=O)=O)c1. The number of sulfonamides is 1. The molecular weight excluding hydrogens is 416 g/mol. The number of anilines is 1. The Hall–Kier alpha value is -3.20. The van der Waals surface area contributed by atoms with Gasteiger partial charge in [-0.1, -0.05) is 47.6 Å². The smallest absolute Gasteiger partial charge is 0.246 e. The van der Waals surface area contributed by atoms with Crippen molar-refractivity contribution in [3.8, 4) is 11.4 Å². The van der Waals surface area contributed by atoms with Crippen LogP contribution in [0.1, 0.15) is 23.9 Å². The van der Waals surface area contributed by atoms with Gasteiger partial charge in [0, 0.05) is 12.6 Å². The molecule has 0 N–H and O–H groups in total. The molecule has 2 aromatic carbocycles. The molecule has 0 saturated heterocycles. The third kappa shape index (κ3) is 5.11. The number of rotatable bonds is 7. The topological polar surface area (TPSA) is 96.6 Å². The van der Waals surface area contributed by atoms with Gasteiger partial charge < -0.3 is 9.42 Å². The van der Waals surface area contributed by atoms with Crippen LogP contribution in [0.25, 0.3) is 11.4 Å². The molecule has 0 bridgehead atoms. The molecule has 1 aromatic heterocycles. The van der Waals surface area contributed by atoms with Gasteiger partial charge in [0.2, 0.25) is 27.6 Å². The highest BCUT2D eigenvalue weighted by molar-refractivity contribution is 7.92. The third-order valence-electron chi connectivity index (χ3n) is 4.92. The van der Waals surface area contributed by atoms with Gasteiger partial charge in [0.25, 0.3) is 0 Å². The number of aryl methyl sites for hydroxylation is 2. The molecule has 0 fully saturated rings. The lowest BCUT2D eigenvalue weighted by atomic mass is 10.1. The summed E-state index contributed by atoms with van der Waals surface area (Å²) in [6.45, 7) is 5.33. The van der Waals surface area contributed by atoms with Crippen LogP contribution in [-0.4, -0.2) is 48.7 Å². The first-order valence-corrected chi connectivity index (χ1v) is 11.6. The molecule has 31 heavy (non-hydrogen) atoms. The average molecular weight is 443 g/mol. The summed E-state index contributed by atoms with van der Waals surface area (Å²) in [6, 6.07) is 13.9. The number of carbonyl (C=O) groups excluding carboxylic acids is 1. The van der Waals surface area contributed by atoms with Crippen molar-refractivity contribution in [2.75, 3.05) is 17.6 Å². The summed E-state index contributed by atoms with van der Waals surface area (Å²) >= 11 is 0. The first-order chi connectivity index (χ1) is 14.6. The van der Waals surface area contributed by atoms with E-state index < -0.39 is 16.1 Å². The molecule has 9 heteroatoms. The summed E-state index contributed by atoms with van der Waals surface area (Å²) in [5.41, 5.74) is 2.96. The number of carbonyl (C=O) groups is 1. The molecule has 0 aliphatic heterocycles. The monoisotopic (exact) mass is 442 g/mol. The molecule has 3 rings (SSSR count). The van der Waals surface area contributed by atoms with E-state index in [1.54, 1.807) is 20.0 Å². The molecule has 3 aromatic rings. The second-order valence-electron chi connectivity index (χ2n) is 7.60. The summed E-state index contributed by atoms with van der Waals surface area (Å²) in [5.74, 6) is 0.308. The van der Waals surface area contributed by atoms with Crippen molar-refractivity contribution >= 4 is 21.6 Å². The zero-order chi connectivity index (χ0) is 22.8. The van der Waals surface area contributed by atoms with E-state index in [0.29, 0.717) is 11.5 Å². The zero-order valence-electron chi connectivity index (χ0n) is 18.2. The Labute approximate surface area is 182 Å². The molecule has 0 aliphatic rings. The van der Waals surface area contributed by atoms with Crippen LogP contribution in [0.2, 0.25) is 0 Å². The number of nitrogens with zero attached hydrogens (tertiary/aromatic N) is 4. The summed E-state index contributed by atoms with van der Waals surface area (Å²) < 4.78 is 31.6. The molecule has 0 radical (unpaired) electrons. The second-order valence-corrected chi connectivity index (χ2v) is 9.46. The van der Waals surface area contributed by atoms with Crippen LogP contribution in [0.3, 0.4) is 0 Å². The van der Waals surface area contributed by atoms with Gasteiger partial charge in [-0.2, -0.15) is 4.98 Å². The predicted molar refractivity (Wildman–Crippen MR) is 119 cm³/mol. The van der Waals surface area contributed by atoms with Crippen LogP contribution in [-0.2, 0) is 21.4 Å². The van der Waals surface area contributed by atoms with Crippen molar-refractivity contribution in [1.29, 1.82) is 0 Å². The van der Waals surface area contributed by atoms with Crippen LogP contribution < -0.4 is 4.31 Å². The van der Waals surface area contributed by atoms with Gasteiger partial charge >= 0.3 is 0 Å². The van der Waals surface area contributed by atoms with Crippen LogP contribution >= 0.6 is 0 Å². The Morgan fingerprint density at radius 3 is 2.45 bits per heavy atom. The minimum Gasteiger partial charge on any atom is -0.337 e. The lowest BCUT2D eigenvalue weighted by Crippen LogP contribution is -2.48. The maximum Gasteiger partial charge on any atom is 0.246 e. The minimum atomic E-state index is -3.71. The van der Waals surface area contributed by atoms with Gasteiger partial charge in [-0.05, 0) is 38.0 Å². The van der Waals surface area contributed by atoms with Crippen LogP contribution in [0, 0.1) is 13.8 Å². The molecule has 1 heterocycles. The summed E-state index contributed by atoms with van der Waals surface area (Å²) in [4.78, 5) is 18.8. The summed E-state index contributed by atoms with van der Waals surface area (Å²) in [7, 11) is -2.13. The van der Waals surface area contributed by atoms with Gasteiger partial charge in [-0.25, -0.2) is 8.42 Å². The van der Waals surface area contributed by atoms with E-state index in [1.807, 2.05) is 56.3 Å². The van der Waals surface area contributed by atoms with Crippen molar-refractivity contribution in [2.45, 2.75) is 33.4 Å². The van der Waals surface area contributed by atoms with E-state index in [0.717, 1.165) is 27.3 Å². The number of benzene rings is 2. The largest absolute Gasteiger partial charge is 0.337 e. The van der Waals surface area contributed by atoms with E-state index in [-0.39, 0.29) is 18.3 Å². The predicted octanol–water partition coefficient (Wildman–Crippen LogP) is 3.17. The van der Waals surface area contributed by atoms with E-state index in [1.165, 1.54) is 4.90 Å². The lowest BCUT2D eigenvalue weighted by molar-refractivity contribution is -0.131.